The van der Waals surface area contributed by atoms with Gasteiger partial charge in [0.15, 0.2) is 0 Å². The minimum absolute atomic E-state index is 0. The first-order valence-corrected chi connectivity index (χ1v) is 4.07. The summed E-state index contributed by atoms with van der Waals surface area (Å²) in [6.45, 7) is 0.956. The summed E-state index contributed by atoms with van der Waals surface area (Å²) in [6.07, 6.45) is 7.25. The van der Waals surface area contributed by atoms with Crippen LogP contribution in [0.25, 0.3) is 0 Å². The van der Waals surface area contributed by atoms with Crippen molar-refractivity contribution in [2.24, 2.45) is 17.1 Å². The predicted octanol–water partition coefficient (Wildman–Crippen LogP) is 1.95. The highest BCUT2D eigenvalue weighted by Crippen LogP contribution is 2.57. The van der Waals surface area contributed by atoms with Gasteiger partial charge in [-0.2, -0.15) is 0 Å². The number of rotatable bonds is 2. The molecule has 0 amide bonds. The Morgan fingerprint density at radius 3 is 2.00 bits per heavy atom. The van der Waals surface area contributed by atoms with Crippen molar-refractivity contribution < 1.29 is 0 Å². The Bertz CT molecular complexity index is 116. The number of hydrogen-bond donors (Lipinski definition) is 1. The van der Waals surface area contributed by atoms with Crippen LogP contribution in [0.3, 0.4) is 0 Å². The summed E-state index contributed by atoms with van der Waals surface area (Å²) in [5.41, 5.74) is 6.34. The van der Waals surface area contributed by atoms with E-state index in [4.69, 9.17) is 5.73 Å². The largest absolute Gasteiger partial charge is 0.330 e. The molecule has 0 aromatic carbocycles. The standard InChI is InChI=1S/C8H15N.ClH/c9-6-8(4-5-8)7-2-1-3-7;/h7H,1-6,9H2;1H. The Kier molecular flexibility index (Phi) is 2.26. The fraction of sp³-hybridized carbons (Fsp3) is 1.00. The molecular formula is C8H16ClN. The van der Waals surface area contributed by atoms with Gasteiger partial charge in [-0.25, -0.2) is 0 Å². The first kappa shape index (κ1) is 8.35. The maximum atomic E-state index is 5.68. The average molecular weight is 162 g/mol. The minimum Gasteiger partial charge on any atom is -0.330 e. The van der Waals surface area contributed by atoms with Gasteiger partial charge in [-0.15, -0.1) is 12.4 Å². The van der Waals surface area contributed by atoms with E-state index in [-0.39, 0.29) is 12.4 Å². The lowest BCUT2D eigenvalue weighted by Crippen LogP contribution is -2.29. The monoisotopic (exact) mass is 161 g/mol. The van der Waals surface area contributed by atoms with Crippen LogP contribution in [0, 0.1) is 11.3 Å². The van der Waals surface area contributed by atoms with Gasteiger partial charge in [0.2, 0.25) is 0 Å². The van der Waals surface area contributed by atoms with Crippen molar-refractivity contribution in [3.05, 3.63) is 0 Å². The van der Waals surface area contributed by atoms with Crippen LogP contribution in [0.5, 0.6) is 0 Å². The molecule has 0 heterocycles. The number of nitrogens with two attached hydrogens (primary N) is 1. The van der Waals surface area contributed by atoms with E-state index in [9.17, 15) is 0 Å². The molecule has 1 nitrogen and oxygen atoms in total. The molecule has 2 saturated carbocycles. The topological polar surface area (TPSA) is 26.0 Å². The van der Waals surface area contributed by atoms with E-state index in [1.165, 1.54) is 32.1 Å². The molecule has 2 N–H and O–H groups in total. The van der Waals surface area contributed by atoms with Crippen molar-refractivity contribution in [1.29, 1.82) is 0 Å². The summed E-state index contributed by atoms with van der Waals surface area (Å²) in [6, 6.07) is 0. The molecule has 10 heavy (non-hydrogen) atoms. The Morgan fingerprint density at radius 1 is 1.30 bits per heavy atom. The quantitative estimate of drug-likeness (QED) is 0.659. The van der Waals surface area contributed by atoms with Gasteiger partial charge >= 0.3 is 0 Å². The van der Waals surface area contributed by atoms with Crippen molar-refractivity contribution in [3.63, 3.8) is 0 Å². The third-order valence-corrected chi connectivity index (χ3v) is 3.27. The lowest BCUT2D eigenvalue weighted by atomic mass is 9.73. The van der Waals surface area contributed by atoms with Crippen LogP contribution in [-0.2, 0) is 0 Å². The van der Waals surface area contributed by atoms with Crippen molar-refractivity contribution >= 4 is 12.4 Å². The summed E-state index contributed by atoms with van der Waals surface area (Å²) >= 11 is 0. The van der Waals surface area contributed by atoms with Crippen LogP contribution in [0.2, 0.25) is 0 Å². The Balaban J connectivity index is 0.000000500. The maximum Gasteiger partial charge on any atom is -0.00179 e. The molecule has 0 unspecified atom stereocenters. The van der Waals surface area contributed by atoms with Gasteiger partial charge in [0.1, 0.15) is 0 Å². The lowest BCUT2D eigenvalue weighted by molar-refractivity contribution is 0.191. The molecule has 60 valence electrons. The molecule has 0 bridgehead atoms. The molecule has 0 aliphatic heterocycles. The second-order valence-electron chi connectivity index (χ2n) is 3.69. The molecule has 0 aromatic rings. The first-order chi connectivity index (χ1) is 4.37. The summed E-state index contributed by atoms with van der Waals surface area (Å²) in [5.74, 6) is 1.03. The van der Waals surface area contributed by atoms with Gasteiger partial charge in [0.25, 0.3) is 0 Å². The van der Waals surface area contributed by atoms with E-state index in [2.05, 4.69) is 0 Å². The predicted molar refractivity (Wildman–Crippen MR) is 45.3 cm³/mol. The van der Waals surface area contributed by atoms with Gasteiger partial charge < -0.3 is 5.73 Å². The van der Waals surface area contributed by atoms with Gasteiger partial charge in [-0.1, -0.05) is 6.42 Å². The SMILES string of the molecule is Cl.NCC1(C2CCC2)CC1. The van der Waals surface area contributed by atoms with Crippen LogP contribution in [-0.4, -0.2) is 6.54 Å². The molecule has 2 rings (SSSR count). The van der Waals surface area contributed by atoms with Crippen molar-refractivity contribution in [3.8, 4) is 0 Å². The maximum absolute atomic E-state index is 5.68. The van der Waals surface area contributed by atoms with Gasteiger partial charge in [-0.05, 0) is 43.6 Å². The Hall–Kier alpha value is 0.250. The van der Waals surface area contributed by atoms with E-state index in [1.807, 2.05) is 0 Å². The number of halogens is 1. The zero-order valence-electron chi connectivity index (χ0n) is 6.31. The van der Waals surface area contributed by atoms with Crippen LogP contribution in [0.15, 0.2) is 0 Å². The second-order valence-corrected chi connectivity index (χ2v) is 3.69. The number of hydrogen-bond acceptors (Lipinski definition) is 1. The average Bonchev–Trinajstić information content (AvgIpc) is 2.44. The van der Waals surface area contributed by atoms with Crippen LogP contribution in [0.4, 0.5) is 0 Å². The molecule has 0 saturated heterocycles. The van der Waals surface area contributed by atoms with Gasteiger partial charge in [0.05, 0.1) is 0 Å². The van der Waals surface area contributed by atoms with Crippen LogP contribution < -0.4 is 5.73 Å². The van der Waals surface area contributed by atoms with Crippen molar-refractivity contribution in [1.82, 2.24) is 0 Å². The molecule has 0 spiro atoms. The third-order valence-electron chi connectivity index (χ3n) is 3.27. The molecule has 0 aromatic heterocycles. The fourth-order valence-corrected chi connectivity index (χ4v) is 1.96. The second kappa shape index (κ2) is 2.71. The summed E-state index contributed by atoms with van der Waals surface area (Å²) in [4.78, 5) is 0. The Labute approximate surface area is 68.8 Å². The molecular weight excluding hydrogens is 146 g/mol. The normalized spacial score (nSPS) is 28.5. The molecule has 0 atom stereocenters. The summed E-state index contributed by atoms with van der Waals surface area (Å²) in [5, 5.41) is 0. The molecule has 2 aliphatic carbocycles. The highest BCUT2D eigenvalue weighted by atomic mass is 35.5. The minimum atomic E-state index is 0. The van der Waals surface area contributed by atoms with Crippen LogP contribution >= 0.6 is 12.4 Å². The highest BCUT2D eigenvalue weighted by molar-refractivity contribution is 5.85. The van der Waals surface area contributed by atoms with E-state index >= 15 is 0 Å². The van der Waals surface area contributed by atoms with E-state index in [0.29, 0.717) is 5.41 Å². The zero-order chi connectivity index (χ0) is 6.32. The van der Waals surface area contributed by atoms with Gasteiger partial charge in [-0.3, -0.25) is 0 Å². The highest BCUT2D eigenvalue weighted by Gasteiger charge is 2.49. The van der Waals surface area contributed by atoms with Gasteiger partial charge in [0, 0.05) is 0 Å². The molecule has 2 fully saturated rings. The lowest BCUT2D eigenvalue weighted by Gasteiger charge is -2.33. The third kappa shape index (κ3) is 1.06. The van der Waals surface area contributed by atoms with E-state index < -0.39 is 0 Å². The molecule has 2 aliphatic rings. The van der Waals surface area contributed by atoms with E-state index in [1.54, 1.807) is 0 Å². The smallest absolute Gasteiger partial charge is 0.00179 e. The summed E-state index contributed by atoms with van der Waals surface area (Å²) in [7, 11) is 0. The van der Waals surface area contributed by atoms with Crippen LogP contribution in [0.1, 0.15) is 32.1 Å². The molecule has 2 heteroatoms. The molecule has 0 radical (unpaired) electrons. The Morgan fingerprint density at radius 2 is 1.90 bits per heavy atom. The van der Waals surface area contributed by atoms with E-state index in [0.717, 1.165) is 12.5 Å². The van der Waals surface area contributed by atoms with Crippen molar-refractivity contribution in [2.75, 3.05) is 6.54 Å². The summed E-state index contributed by atoms with van der Waals surface area (Å²) < 4.78 is 0. The fourth-order valence-electron chi connectivity index (χ4n) is 1.96. The zero-order valence-corrected chi connectivity index (χ0v) is 7.12. The van der Waals surface area contributed by atoms with Crippen molar-refractivity contribution in [2.45, 2.75) is 32.1 Å². The first-order valence-electron chi connectivity index (χ1n) is 4.07.